The number of nitro groups is 1. The molecule has 114 valence electrons. The van der Waals surface area contributed by atoms with E-state index in [0.717, 1.165) is 6.07 Å². The monoisotopic (exact) mass is 321 g/mol. The van der Waals surface area contributed by atoms with E-state index in [2.05, 4.69) is 0 Å². The normalized spacial score (nSPS) is 10.9. The lowest BCUT2D eigenvalue weighted by Crippen LogP contribution is -2.41. The number of nitrogens with one attached hydrogen (secondary N) is 2. The first-order valence-electron chi connectivity index (χ1n) is 6.02. The van der Waals surface area contributed by atoms with Crippen molar-refractivity contribution in [1.29, 1.82) is 0 Å². The molecule has 0 aliphatic heterocycles. The highest BCUT2D eigenvalue weighted by molar-refractivity contribution is 7.89. The number of benzene rings is 2. The van der Waals surface area contributed by atoms with E-state index in [1.807, 2.05) is 10.3 Å². The van der Waals surface area contributed by atoms with Gasteiger partial charge in [0.1, 0.15) is 5.56 Å². The highest BCUT2D eigenvalue weighted by Crippen LogP contribution is 2.17. The van der Waals surface area contributed by atoms with Gasteiger partial charge in [-0.25, -0.2) is 8.42 Å². The van der Waals surface area contributed by atoms with Gasteiger partial charge in [0.2, 0.25) is 0 Å². The average molecular weight is 321 g/mol. The third-order valence-corrected chi connectivity index (χ3v) is 3.96. The van der Waals surface area contributed by atoms with Crippen LogP contribution in [0.1, 0.15) is 10.4 Å². The fraction of sp³-hybridized carbons (Fsp3) is 0. The highest BCUT2D eigenvalue weighted by Gasteiger charge is 2.21. The van der Waals surface area contributed by atoms with Crippen LogP contribution in [0.3, 0.4) is 0 Å². The first-order chi connectivity index (χ1) is 10.4. The second-order valence-electron chi connectivity index (χ2n) is 4.15. The predicted molar refractivity (Wildman–Crippen MR) is 77.3 cm³/mol. The summed E-state index contributed by atoms with van der Waals surface area (Å²) in [7, 11) is -3.95. The van der Waals surface area contributed by atoms with Crippen LogP contribution in [-0.2, 0) is 10.0 Å². The molecular formula is C13H11N3O5S. The minimum Gasteiger partial charge on any atom is -0.273 e. The van der Waals surface area contributed by atoms with Crippen LogP contribution in [0.5, 0.6) is 0 Å². The minimum atomic E-state index is -3.95. The van der Waals surface area contributed by atoms with E-state index in [0.29, 0.717) is 0 Å². The Hall–Kier alpha value is -2.78. The largest absolute Gasteiger partial charge is 0.282 e. The van der Waals surface area contributed by atoms with E-state index in [1.165, 1.54) is 42.5 Å². The standard InChI is InChI=1S/C13H11N3O5S/c17-13(11-8-4-5-9-12(11)16(18)19)14-15-22(20,21)10-6-2-1-3-7-10/h1-9,15H,(H,14,17). The lowest BCUT2D eigenvalue weighted by molar-refractivity contribution is -0.385. The van der Waals surface area contributed by atoms with E-state index < -0.39 is 26.5 Å². The fourth-order valence-corrected chi connectivity index (χ4v) is 2.52. The number of amides is 1. The van der Waals surface area contributed by atoms with Gasteiger partial charge in [0.15, 0.2) is 0 Å². The van der Waals surface area contributed by atoms with Crippen molar-refractivity contribution in [3.05, 3.63) is 70.3 Å². The molecule has 2 aromatic rings. The maximum Gasteiger partial charge on any atom is 0.282 e. The molecule has 0 heterocycles. The summed E-state index contributed by atoms with van der Waals surface area (Å²) in [5, 5.41) is 10.8. The van der Waals surface area contributed by atoms with Crippen molar-refractivity contribution in [2.45, 2.75) is 4.90 Å². The number of para-hydroxylation sites is 1. The molecule has 0 saturated carbocycles. The smallest absolute Gasteiger partial charge is 0.273 e. The number of hydrazine groups is 1. The molecule has 0 atom stereocenters. The van der Waals surface area contributed by atoms with Crippen molar-refractivity contribution >= 4 is 21.6 Å². The Morgan fingerprint density at radius 3 is 2.23 bits per heavy atom. The van der Waals surface area contributed by atoms with Crippen molar-refractivity contribution in [3.63, 3.8) is 0 Å². The zero-order valence-electron chi connectivity index (χ0n) is 11.1. The van der Waals surface area contributed by atoms with E-state index >= 15 is 0 Å². The number of rotatable bonds is 5. The third-order valence-electron chi connectivity index (χ3n) is 2.70. The molecule has 0 saturated heterocycles. The average Bonchev–Trinajstić information content (AvgIpc) is 2.53. The second kappa shape index (κ2) is 6.33. The van der Waals surface area contributed by atoms with Crippen LogP contribution in [0.15, 0.2) is 59.5 Å². The summed E-state index contributed by atoms with van der Waals surface area (Å²) in [5.41, 5.74) is 1.29. The lowest BCUT2D eigenvalue weighted by atomic mass is 10.2. The van der Waals surface area contributed by atoms with Gasteiger partial charge >= 0.3 is 0 Å². The van der Waals surface area contributed by atoms with Crippen LogP contribution in [-0.4, -0.2) is 19.2 Å². The molecule has 0 aliphatic carbocycles. The first-order valence-corrected chi connectivity index (χ1v) is 7.51. The minimum absolute atomic E-state index is 0.0436. The molecule has 0 spiro atoms. The summed E-state index contributed by atoms with van der Waals surface area (Å²) in [6.07, 6.45) is 0. The topological polar surface area (TPSA) is 118 Å². The van der Waals surface area contributed by atoms with Crippen molar-refractivity contribution in [2.24, 2.45) is 0 Å². The SMILES string of the molecule is O=C(NNS(=O)(=O)c1ccccc1)c1ccccc1[N+](=O)[O-]. The molecule has 2 rings (SSSR count). The summed E-state index contributed by atoms with van der Waals surface area (Å²) in [6.45, 7) is 0. The van der Waals surface area contributed by atoms with Gasteiger partial charge in [0.25, 0.3) is 21.6 Å². The molecule has 1 amide bonds. The Labute approximate surface area is 125 Å². The molecule has 0 radical (unpaired) electrons. The molecule has 0 fully saturated rings. The lowest BCUT2D eigenvalue weighted by Gasteiger charge is -2.08. The second-order valence-corrected chi connectivity index (χ2v) is 5.83. The predicted octanol–water partition coefficient (Wildman–Crippen LogP) is 1.22. The van der Waals surface area contributed by atoms with Crippen LogP contribution in [0, 0.1) is 10.1 Å². The van der Waals surface area contributed by atoms with Gasteiger partial charge in [0, 0.05) is 6.07 Å². The number of nitrogens with zero attached hydrogens (tertiary/aromatic N) is 1. The number of hydrogen-bond acceptors (Lipinski definition) is 5. The Morgan fingerprint density at radius 2 is 1.59 bits per heavy atom. The number of carbonyl (C=O) groups is 1. The number of hydrogen-bond donors (Lipinski definition) is 2. The third kappa shape index (κ3) is 3.45. The highest BCUT2D eigenvalue weighted by atomic mass is 32.2. The number of sulfonamides is 1. The summed E-state index contributed by atoms with van der Waals surface area (Å²) >= 11 is 0. The molecule has 2 N–H and O–H groups in total. The van der Waals surface area contributed by atoms with Gasteiger partial charge in [-0.05, 0) is 18.2 Å². The van der Waals surface area contributed by atoms with Crippen LogP contribution in [0.4, 0.5) is 5.69 Å². The maximum atomic E-state index is 11.9. The Balaban J connectivity index is 2.16. The van der Waals surface area contributed by atoms with E-state index in [4.69, 9.17) is 0 Å². The molecule has 0 unspecified atom stereocenters. The molecule has 0 aromatic heterocycles. The van der Waals surface area contributed by atoms with Crippen molar-refractivity contribution < 1.29 is 18.1 Å². The van der Waals surface area contributed by atoms with Crippen molar-refractivity contribution in [3.8, 4) is 0 Å². The van der Waals surface area contributed by atoms with Gasteiger partial charge in [-0.3, -0.25) is 20.3 Å². The van der Waals surface area contributed by atoms with Gasteiger partial charge in [0.05, 0.1) is 9.82 Å². The van der Waals surface area contributed by atoms with E-state index in [-0.39, 0.29) is 10.5 Å². The summed E-state index contributed by atoms with van der Waals surface area (Å²) < 4.78 is 23.9. The molecular weight excluding hydrogens is 310 g/mol. The zero-order chi connectivity index (χ0) is 16.2. The quantitative estimate of drug-likeness (QED) is 0.634. The summed E-state index contributed by atoms with van der Waals surface area (Å²) in [4.78, 5) is 23.9. The fourth-order valence-electron chi connectivity index (χ4n) is 1.66. The summed E-state index contributed by atoms with van der Waals surface area (Å²) in [5.74, 6) is -0.924. The molecule has 2 aromatic carbocycles. The van der Waals surface area contributed by atoms with Crippen LogP contribution < -0.4 is 10.3 Å². The van der Waals surface area contributed by atoms with E-state index in [9.17, 15) is 23.3 Å². The molecule has 22 heavy (non-hydrogen) atoms. The Bertz CT molecular complexity index is 805. The van der Waals surface area contributed by atoms with E-state index in [1.54, 1.807) is 6.07 Å². The molecule has 9 heteroatoms. The zero-order valence-corrected chi connectivity index (χ0v) is 11.9. The number of nitro benzene ring substituents is 1. The molecule has 8 nitrogen and oxygen atoms in total. The molecule has 0 aliphatic rings. The van der Waals surface area contributed by atoms with Crippen LogP contribution >= 0.6 is 0 Å². The van der Waals surface area contributed by atoms with Crippen molar-refractivity contribution in [1.82, 2.24) is 10.3 Å². The van der Waals surface area contributed by atoms with Crippen LogP contribution in [0.25, 0.3) is 0 Å². The van der Waals surface area contributed by atoms with Crippen molar-refractivity contribution in [2.75, 3.05) is 0 Å². The first kappa shape index (κ1) is 15.6. The maximum absolute atomic E-state index is 11.9. The Morgan fingerprint density at radius 1 is 1.00 bits per heavy atom. The summed E-state index contributed by atoms with van der Waals surface area (Å²) in [6, 6.07) is 12.6. The van der Waals surface area contributed by atoms with Gasteiger partial charge < -0.3 is 0 Å². The van der Waals surface area contributed by atoms with Gasteiger partial charge in [-0.15, -0.1) is 4.83 Å². The molecule has 0 bridgehead atoms. The van der Waals surface area contributed by atoms with Gasteiger partial charge in [-0.1, -0.05) is 30.3 Å². The Kier molecular flexibility index (Phi) is 4.49. The number of carbonyl (C=O) groups excluding carboxylic acids is 1. The van der Waals surface area contributed by atoms with Crippen LogP contribution in [0.2, 0.25) is 0 Å². The van der Waals surface area contributed by atoms with Gasteiger partial charge in [-0.2, -0.15) is 0 Å².